The third-order valence-corrected chi connectivity index (χ3v) is 4.16. The van der Waals surface area contributed by atoms with Gasteiger partial charge >= 0.3 is 0 Å². The van der Waals surface area contributed by atoms with Crippen LogP contribution in [-0.2, 0) is 11.8 Å². The minimum atomic E-state index is 0.00360. The molecule has 7 heteroatoms. The predicted octanol–water partition coefficient (Wildman–Crippen LogP) is 0.120. The molecule has 1 aromatic rings. The van der Waals surface area contributed by atoms with E-state index in [1.165, 1.54) is 18.2 Å². The zero-order valence-electron chi connectivity index (χ0n) is 10.8. The van der Waals surface area contributed by atoms with Gasteiger partial charge in [-0.2, -0.15) is 0 Å². The van der Waals surface area contributed by atoms with Crippen LogP contribution < -0.4 is 10.6 Å². The van der Waals surface area contributed by atoms with E-state index >= 15 is 0 Å². The second-order valence-electron chi connectivity index (χ2n) is 4.40. The molecule has 1 aromatic heterocycles. The Morgan fingerprint density at radius 2 is 2.44 bits per heavy atom. The van der Waals surface area contributed by atoms with Gasteiger partial charge in [-0.3, -0.25) is 4.79 Å². The summed E-state index contributed by atoms with van der Waals surface area (Å²) in [5.41, 5.74) is 0. The van der Waals surface area contributed by atoms with Gasteiger partial charge in [0.1, 0.15) is 5.82 Å². The predicted molar refractivity (Wildman–Crippen MR) is 70.6 cm³/mol. The number of hydrogen-bond acceptors (Lipinski definition) is 5. The van der Waals surface area contributed by atoms with E-state index in [2.05, 4.69) is 20.8 Å². The molecule has 1 saturated heterocycles. The lowest BCUT2D eigenvalue weighted by molar-refractivity contribution is -0.118. The van der Waals surface area contributed by atoms with Crippen molar-refractivity contribution < 1.29 is 4.79 Å². The van der Waals surface area contributed by atoms with E-state index in [0.717, 1.165) is 30.5 Å². The summed E-state index contributed by atoms with van der Waals surface area (Å²) in [4.78, 5) is 11.2. The van der Waals surface area contributed by atoms with E-state index in [4.69, 9.17) is 0 Å². The van der Waals surface area contributed by atoms with Gasteiger partial charge in [0.05, 0.1) is 5.75 Å². The van der Waals surface area contributed by atoms with E-state index in [0.29, 0.717) is 11.7 Å². The smallest absolute Gasteiger partial charge is 0.230 e. The Labute approximate surface area is 111 Å². The molecule has 6 nitrogen and oxygen atoms in total. The molecule has 0 spiro atoms. The fourth-order valence-electron chi connectivity index (χ4n) is 2.08. The lowest BCUT2D eigenvalue weighted by Gasteiger charge is -2.21. The molecule has 2 heterocycles. The lowest BCUT2D eigenvalue weighted by Crippen LogP contribution is -2.29. The van der Waals surface area contributed by atoms with Crippen LogP contribution in [0.15, 0.2) is 5.16 Å². The molecule has 0 saturated carbocycles. The molecule has 1 aliphatic rings. The first-order valence-corrected chi connectivity index (χ1v) is 7.14. The van der Waals surface area contributed by atoms with Crippen LogP contribution >= 0.6 is 11.8 Å². The lowest BCUT2D eigenvalue weighted by atomic mass is 9.99. The standard InChI is InChI=1S/C11H19N5OS/c1-12-9(17)7-18-11-15-14-10(16(11)2)8-4-3-5-13-6-8/h8,13H,3-7H2,1-2H3,(H,12,17)/t8-/m0/s1. The summed E-state index contributed by atoms with van der Waals surface area (Å²) < 4.78 is 2.01. The molecule has 2 rings (SSSR count). The number of thioether (sulfide) groups is 1. The van der Waals surface area contributed by atoms with Gasteiger partial charge in [-0.15, -0.1) is 10.2 Å². The highest BCUT2D eigenvalue weighted by atomic mass is 32.2. The highest BCUT2D eigenvalue weighted by Crippen LogP contribution is 2.24. The normalized spacial score (nSPS) is 19.8. The van der Waals surface area contributed by atoms with Crippen molar-refractivity contribution in [3.63, 3.8) is 0 Å². The summed E-state index contributed by atoms with van der Waals surface area (Å²) in [5, 5.41) is 15.2. The van der Waals surface area contributed by atoms with Crippen molar-refractivity contribution in [2.45, 2.75) is 23.9 Å². The Balaban J connectivity index is 2.01. The van der Waals surface area contributed by atoms with Crippen LogP contribution in [0.25, 0.3) is 0 Å². The number of amides is 1. The van der Waals surface area contributed by atoms with Crippen LogP contribution in [0.1, 0.15) is 24.6 Å². The van der Waals surface area contributed by atoms with Gasteiger partial charge in [0, 0.05) is 26.6 Å². The van der Waals surface area contributed by atoms with Gasteiger partial charge in [-0.05, 0) is 19.4 Å². The number of carbonyl (C=O) groups is 1. The van der Waals surface area contributed by atoms with Gasteiger partial charge in [0.15, 0.2) is 5.16 Å². The fourth-order valence-corrected chi connectivity index (χ4v) is 2.87. The van der Waals surface area contributed by atoms with E-state index in [1.54, 1.807) is 7.05 Å². The largest absolute Gasteiger partial charge is 0.358 e. The van der Waals surface area contributed by atoms with Crippen LogP contribution in [0, 0.1) is 0 Å². The minimum absolute atomic E-state index is 0.00360. The number of nitrogens with zero attached hydrogens (tertiary/aromatic N) is 3. The van der Waals surface area contributed by atoms with Gasteiger partial charge in [0.2, 0.25) is 5.91 Å². The monoisotopic (exact) mass is 269 g/mol. The Morgan fingerprint density at radius 3 is 3.11 bits per heavy atom. The maximum absolute atomic E-state index is 11.2. The average Bonchev–Trinajstić information content (AvgIpc) is 2.78. The quantitative estimate of drug-likeness (QED) is 0.760. The Bertz CT molecular complexity index is 414. The van der Waals surface area contributed by atoms with Crippen molar-refractivity contribution in [1.82, 2.24) is 25.4 Å². The third kappa shape index (κ3) is 3.02. The molecule has 0 radical (unpaired) electrons. The highest BCUT2D eigenvalue weighted by Gasteiger charge is 2.21. The SMILES string of the molecule is CNC(=O)CSc1nnc([C@H]2CCCNC2)n1C. The number of aromatic nitrogens is 3. The first-order valence-electron chi connectivity index (χ1n) is 6.15. The van der Waals surface area contributed by atoms with E-state index in [-0.39, 0.29) is 5.91 Å². The van der Waals surface area contributed by atoms with Crippen LogP contribution in [0.5, 0.6) is 0 Å². The second kappa shape index (κ2) is 6.19. The fraction of sp³-hybridized carbons (Fsp3) is 0.727. The topological polar surface area (TPSA) is 71.8 Å². The maximum Gasteiger partial charge on any atom is 0.230 e. The highest BCUT2D eigenvalue weighted by molar-refractivity contribution is 7.99. The van der Waals surface area contributed by atoms with Gasteiger partial charge in [-0.25, -0.2) is 0 Å². The minimum Gasteiger partial charge on any atom is -0.358 e. The zero-order chi connectivity index (χ0) is 13.0. The Morgan fingerprint density at radius 1 is 1.61 bits per heavy atom. The van der Waals surface area contributed by atoms with Crippen molar-refractivity contribution in [1.29, 1.82) is 0 Å². The molecule has 1 amide bonds. The third-order valence-electron chi connectivity index (χ3n) is 3.14. The maximum atomic E-state index is 11.2. The number of hydrogen-bond donors (Lipinski definition) is 2. The van der Waals surface area contributed by atoms with Gasteiger partial charge in [0.25, 0.3) is 0 Å². The first kappa shape index (κ1) is 13.4. The van der Waals surface area contributed by atoms with Crippen molar-refractivity contribution in [3.05, 3.63) is 5.82 Å². The summed E-state index contributed by atoms with van der Waals surface area (Å²) in [7, 11) is 3.61. The molecule has 0 aromatic carbocycles. The molecule has 1 fully saturated rings. The first-order chi connectivity index (χ1) is 8.72. The van der Waals surface area contributed by atoms with E-state index in [9.17, 15) is 4.79 Å². The Kier molecular flexibility index (Phi) is 4.60. The molecule has 1 atom stereocenters. The van der Waals surface area contributed by atoms with Crippen molar-refractivity contribution in [2.24, 2.45) is 7.05 Å². The van der Waals surface area contributed by atoms with E-state index < -0.39 is 0 Å². The van der Waals surface area contributed by atoms with Gasteiger partial charge < -0.3 is 15.2 Å². The van der Waals surface area contributed by atoms with Crippen LogP contribution in [-0.4, -0.2) is 46.6 Å². The number of nitrogens with one attached hydrogen (secondary N) is 2. The van der Waals surface area contributed by atoms with E-state index in [1.807, 2.05) is 11.6 Å². The summed E-state index contributed by atoms with van der Waals surface area (Å²) in [6.45, 7) is 2.05. The number of piperidine rings is 1. The van der Waals surface area contributed by atoms with Crippen LogP contribution in [0.2, 0.25) is 0 Å². The molecule has 0 aliphatic carbocycles. The average molecular weight is 269 g/mol. The molecule has 100 valence electrons. The molecule has 0 bridgehead atoms. The van der Waals surface area contributed by atoms with Crippen molar-refractivity contribution >= 4 is 17.7 Å². The van der Waals surface area contributed by atoms with Crippen molar-refractivity contribution in [2.75, 3.05) is 25.9 Å². The van der Waals surface area contributed by atoms with Crippen molar-refractivity contribution in [3.8, 4) is 0 Å². The molecule has 0 unspecified atom stereocenters. The summed E-state index contributed by atoms with van der Waals surface area (Å²) in [5.74, 6) is 1.84. The van der Waals surface area contributed by atoms with Gasteiger partial charge in [-0.1, -0.05) is 11.8 Å². The molecular weight excluding hydrogens is 250 g/mol. The molecule has 2 N–H and O–H groups in total. The summed E-state index contributed by atoms with van der Waals surface area (Å²) in [6, 6.07) is 0. The summed E-state index contributed by atoms with van der Waals surface area (Å²) >= 11 is 1.42. The zero-order valence-corrected chi connectivity index (χ0v) is 11.6. The molecule has 18 heavy (non-hydrogen) atoms. The number of rotatable bonds is 4. The molecular formula is C11H19N5OS. The Hall–Kier alpha value is -1.08. The van der Waals surface area contributed by atoms with Crippen LogP contribution in [0.3, 0.4) is 0 Å². The summed E-state index contributed by atoms with van der Waals surface area (Å²) in [6.07, 6.45) is 2.33. The number of carbonyl (C=O) groups excluding carboxylic acids is 1. The van der Waals surface area contributed by atoms with Crippen LogP contribution in [0.4, 0.5) is 0 Å². The molecule has 1 aliphatic heterocycles. The second-order valence-corrected chi connectivity index (χ2v) is 5.35.